The molecule has 0 unspecified atom stereocenters. The SMILES string of the molecule is Cc1nn(Cc2cccc3ccccc23)c(Cl)c1C=Cc1ccc2c([N+](=O)[O-])cccc2n1. The summed E-state index contributed by atoms with van der Waals surface area (Å²) >= 11 is 6.70. The fraction of sp³-hybridized carbons (Fsp3) is 0.0769. The van der Waals surface area contributed by atoms with Gasteiger partial charge in [-0.15, -0.1) is 0 Å². The summed E-state index contributed by atoms with van der Waals surface area (Å²) in [6.45, 7) is 2.48. The number of aromatic nitrogens is 3. The zero-order valence-electron chi connectivity index (χ0n) is 17.8. The number of hydrogen-bond donors (Lipinski definition) is 0. The predicted octanol–water partition coefficient (Wildman–Crippen LogP) is 6.67. The third kappa shape index (κ3) is 3.97. The van der Waals surface area contributed by atoms with Crippen LogP contribution in [-0.2, 0) is 6.54 Å². The predicted molar refractivity (Wildman–Crippen MR) is 132 cm³/mol. The van der Waals surface area contributed by atoms with Gasteiger partial charge in [0, 0.05) is 11.6 Å². The molecule has 5 rings (SSSR count). The number of nitrogens with zero attached hydrogens (tertiary/aromatic N) is 4. The maximum Gasteiger partial charge on any atom is 0.278 e. The van der Waals surface area contributed by atoms with E-state index < -0.39 is 4.92 Å². The van der Waals surface area contributed by atoms with E-state index in [1.807, 2.05) is 37.3 Å². The van der Waals surface area contributed by atoms with Crippen molar-refractivity contribution in [3.63, 3.8) is 0 Å². The minimum absolute atomic E-state index is 0.0455. The van der Waals surface area contributed by atoms with Crippen LogP contribution >= 0.6 is 11.6 Å². The summed E-state index contributed by atoms with van der Waals surface area (Å²) < 4.78 is 1.80. The molecule has 0 spiro atoms. The number of halogens is 1. The van der Waals surface area contributed by atoms with Gasteiger partial charge in [-0.1, -0.05) is 60.1 Å². The summed E-state index contributed by atoms with van der Waals surface area (Å²) in [5, 5.41) is 19.3. The maximum absolute atomic E-state index is 11.2. The Kier molecular flexibility index (Phi) is 5.36. The highest BCUT2D eigenvalue weighted by molar-refractivity contribution is 6.31. The molecule has 0 radical (unpaired) electrons. The highest BCUT2D eigenvalue weighted by Crippen LogP contribution is 2.27. The summed E-state index contributed by atoms with van der Waals surface area (Å²) in [4.78, 5) is 15.4. The number of benzene rings is 3. The van der Waals surface area contributed by atoms with E-state index in [0.29, 0.717) is 28.3 Å². The molecule has 0 saturated carbocycles. The Bertz CT molecular complexity index is 1550. The van der Waals surface area contributed by atoms with Crippen LogP contribution in [0, 0.1) is 17.0 Å². The van der Waals surface area contributed by atoms with E-state index in [1.54, 1.807) is 28.9 Å². The Morgan fingerprint density at radius 3 is 2.61 bits per heavy atom. The second kappa shape index (κ2) is 8.48. The van der Waals surface area contributed by atoms with E-state index in [1.165, 1.54) is 16.8 Å². The molecule has 0 atom stereocenters. The molecule has 2 heterocycles. The average Bonchev–Trinajstić information content (AvgIpc) is 3.09. The zero-order chi connectivity index (χ0) is 22.9. The number of non-ortho nitro benzene ring substituents is 1. The van der Waals surface area contributed by atoms with Crippen molar-refractivity contribution in [2.24, 2.45) is 0 Å². The molecular weight excluding hydrogens is 436 g/mol. The molecule has 3 aromatic carbocycles. The summed E-state index contributed by atoms with van der Waals surface area (Å²) in [5.74, 6) is 0. The number of aryl methyl sites for hydroxylation is 1. The van der Waals surface area contributed by atoms with Crippen LogP contribution in [0.1, 0.15) is 22.5 Å². The maximum atomic E-state index is 11.2. The molecule has 0 bridgehead atoms. The molecule has 0 aliphatic carbocycles. The summed E-state index contributed by atoms with van der Waals surface area (Å²) in [7, 11) is 0. The van der Waals surface area contributed by atoms with Gasteiger partial charge in [-0.25, -0.2) is 9.67 Å². The molecule has 7 heteroatoms. The first-order chi connectivity index (χ1) is 16.0. The van der Waals surface area contributed by atoms with Crippen LogP contribution in [0.5, 0.6) is 0 Å². The van der Waals surface area contributed by atoms with Crippen LogP contribution in [0.3, 0.4) is 0 Å². The van der Waals surface area contributed by atoms with Crippen molar-refractivity contribution < 1.29 is 4.92 Å². The topological polar surface area (TPSA) is 73.8 Å². The van der Waals surface area contributed by atoms with Crippen molar-refractivity contribution in [3.05, 3.63) is 111 Å². The molecule has 0 N–H and O–H groups in total. The van der Waals surface area contributed by atoms with Gasteiger partial charge in [0.1, 0.15) is 5.15 Å². The summed E-state index contributed by atoms with van der Waals surface area (Å²) in [6.07, 6.45) is 3.73. The van der Waals surface area contributed by atoms with Crippen molar-refractivity contribution in [2.45, 2.75) is 13.5 Å². The Labute approximate surface area is 194 Å². The van der Waals surface area contributed by atoms with Crippen LogP contribution in [0.4, 0.5) is 5.69 Å². The Morgan fingerprint density at radius 1 is 0.970 bits per heavy atom. The molecule has 33 heavy (non-hydrogen) atoms. The average molecular weight is 455 g/mol. The number of pyridine rings is 1. The van der Waals surface area contributed by atoms with E-state index in [2.05, 4.69) is 34.3 Å². The number of hydrogen-bond acceptors (Lipinski definition) is 4. The van der Waals surface area contributed by atoms with Gasteiger partial charge in [0.2, 0.25) is 0 Å². The first-order valence-corrected chi connectivity index (χ1v) is 10.8. The van der Waals surface area contributed by atoms with E-state index in [9.17, 15) is 10.1 Å². The molecule has 2 aromatic heterocycles. The molecule has 0 aliphatic rings. The monoisotopic (exact) mass is 454 g/mol. The fourth-order valence-electron chi connectivity index (χ4n) is 4.03. The van der Waals surface area contributed by atoms with Gasteiger partial charge in [-0.2, -0.15) is 5.10 Å². The molecule has 0 fully saturated rings. The van der Waals surface area contributed by atoms with Crippen LogP contribution < -0.4 is 0 Å². The van der Waals surface area contributed by atoms with Crippen LogP contribution in [0.25, 0.3) is 33.8 Å². The van der Waals surface area contributed by atoms with Crippen LogP contribution in [-0.4, -0.2) is 19.7 Å². The number of nitro groups is 1. The van der Waals surface area contributed by atoms with Gasteiger partial charge in [-0.05, 0) is 53.6 Å². The lowest BCUT2D eigenvalue weighted by Gasteiger charge is -2.08. The Morgan fingerprint density at radius 2 is 1.76 bits per heavy atom. The van der Waals surface area contributed by atoms with Gasteiger partial charge in [0.05, 0.1) is 33.8 Å². The molecular formula is C26H19ClN4O2. The van der Waals surface area contributed by atoms with Crippen molar-refractivity contribution in [3.8, 4) is 0 Å². The third-order valence-electron chi connectivity index (χ3n) is 5.66. The molecule has 0 aliphatic heterocycles. The van der Waals surface area contributed by atoms with Gasteiger partial charge in [0.15, 0.2) is 0 Å². The smallest absolute Gasteiger partial charge is 0.258 e. The lowest BCUT2D eigenvalue weighted by atomic mass is 10.0. The molecule has 5 aromatic rings. The lowest BCUT2D eigenvalue weighted by molar-refractivity contribution is -0.383. The van der Waals surface area contributed by atoms with Crippen molar-refractivity contribution in [2.75, 3.05) is 0 Å². The van der Waals surface area contributed by atoms with E-state index >= 15 is 0 Å². The van der Waals surface area contributed by atoms with E-state index in [0.717, 1.165) is 16.8 Å². The van der Waals surface area contributed by atoms with Crippen molar-refractivity contribution in [1.29, 1.82) is 0 Å². The molecule has 162 valence electrons. The van der Waals surface area contributed by atoms with Gasteiger partial charge >= 0.3 is 0 Å². The minimum Gasteiger partial charge on any atom is -0.258 e. The highest BCUT2D eigenvalue weighted by Gasteiger charge is 2.14. The summed E-state index contributed by atoms with van der Waals surface area (Å²) in [6, 6.07) is 22.8. The van der Waals surface area contributed by atoms with Gasteiger partial charge in [0.25, 0.3) is 5.69 Å². The number of nitro benzene ring substituents is 1. The normalized spacial score (nSPS) is 11.6. The number of fused-ring (bicyclic) bond motifs is 2. The largest absolute Gasteiger partial charge is 0.278 e. The van der Waals surface area contributed by atoms with Crippen molar-refractivity contribution >= 4 is 51.1 Å². The third-order valence-corrected chi connectivity index (χ3v) is 6.06. The highest BCUT2D eigenvalue weighted by atomic mass is 35.5. The van der Waals surface area contributed by atoms with E-state index in [4.69, 9.17) is 11.6 Å². The molecule has 6 nitrogen and oxygen atoms in total. The van der Waals surface area contributed by atoms with Crippen LogP contribution in [0.2, 0.25) is 5.15 Å². The first-order valence-electron chi connectivity index (χ1n) is 10.4. The van der Waals surface area contributed by atoms with Gasteiger partial charge < -0.3 is 0 Å². The second-order valence-corrected chi connectivity index (χ2v) is 8.11. The fourth-order valence-corrected chi connectivity index (χ4v) is 4.33. The summed E-state index contributed by atoms with van der Waals surface area (Å²) in [5.41, 5.74) is 4.07. The standard InChI is InChI=1S/C26H19ClN4O2/c1-17-21(14-12-20-13-15-23-24(28-20)10-5-11-25(23)31(32)33)26(27)30(29-17)16-19-8-4-7-18-6-2-3-9-22(18)19/h2-15H,16H2,1H3. The quantitative estimate of drug-likeness (QED) is 0.219. The molecule has 0 saturated heterocycles. The second-order valence-electron chi connectivity index (χ2n) is 7.76. The Hall–Kier alpha value is -4.03. The minimum atomic E-state index is -0.396. The lowest BCUT2D eigenvalue weighted by Crippen LogP contribution is -2.02. The molecule has 0 amide bonds. The zero-order valence-corrected chi connectivity index (χ0v) is 18.5. The van der Waals surface area contributed by atoms with Crippen LogP contribution in [0.15, 0.2) is 72.8 Å². The Balaban J connectivity index is 1.46. The first kappa shape index (κ1) is 20.8. The van der Waals surface area contributed by atoms with Crippen molar-refractivity contribution in [1.82, 2.24) is 14.8 Å². The van der Waals surface area contributed by atoms with Gasteiger partial charge in [-0.3, -0.25) is 10.1 Å². The van der Waals surface area contributed by atoms with E-state index in [-0.39, 0.29) is 5.69 Å². The number of rotatable bonds is 5.